The highest BCUT2D eigenvalue weighted by Crippen LogP contribution is 2.37. The quantitative estimate of drug-likeness (QED) is 0.0128. The summed E-state index contributed by atoms with van der Waals surface area (Å²) in [6.07, 6.45) is -9.36. The number of rotatable bonds is 37. The van der Waals surface area contributed by atoms with Gasteiger partial charge in [-0.15, -0.1) is 0 Å². The van der Waals surface area contributed by atoms with Gasteiger partial charge in [0.25, 0.3) is 0 Å². The lowest BCUT2D eigenvalue weighted by atomic mass is 9.86. The van der Waals surface area contributed by atoms with E-state index in [2.05, 4.69) is 39.7 Å². The molecule has 0 unspecified atom stereocenters. The third-order valence-electron chi connectivity index (χ3n) is 13.9. The first-order chi connectivity index (χ1) is 40.2. The van der Waals surface area contributed by atoms with Crippen LogP contribution in [0, 0.1) is 11.8 Å². The van der Waals surface area contributed by atoms with Gasteiger partial charge >= 0.3 is 30.3 Å². The van der Waals surface area contributed by atoms with Crippen LogP contribution in [0.2, 0.25) is 0 Å². The average Bonchev–Trinajstić information content (AvgIpc) is 2.40. The Bertz CT molecular complexity index is 2130. The molecule has 486 valence electrons. The van der Waals surface area contributed by atoms with Gasteiger partial charge in [0.15, 0.2) is 12.1 Å². The molecule has 16 N–H and O–H groups in total. The molecule has 2 aliphatic rings. The van der Waals surface area contributed by atoms with Gasteiger partial charge < -0.3 is 116 Å². The molecule has 0 bridgehead atoms. The van der Waals surface area contributed by atoms with Crippen LogP contribution < -0.4 is 26.6 Å². The van der Waals surface area contributed by atoms with Crippen LogP contribution in [-0.4, -0.2) is 236 Å². The van der Waals surface area contributed by atoms with Gasteiger partial charge in [0.1, 0.15) is 37.6 Å². The zero-order chi connectivity index (χ0) is 63.8. The van der Waals surface area contributed by atoms with E-state index in [0.29, 0.717) is 0 Å². The van der Waals surface area contributed by atoms with Gasteiger partial charge in [-0.25, -0.2) is 19.2 Å². The van der Waals surface area contributed by atoms with Gasteiger partial charge in [0.2, 0.25) is 0 Å². The van der Waals surface area contributed by atoms with Crippen LogP contribution in [0.4, 0.5) is 19.2 Å². The highest BCUT2D eigenvalue weighted by molar-refractivity contribution is 5.75. The minimum absolute atomic E-state index is 0.0870. The fourth-order valence-electron chi connectivity index (χ4n) is 9.10. The largest absolute Gasteiger partial charge is 0.508 e. The molecular weight excluding hydrogens is 1120 g/mol. The Hall–Kier alpha value is -5.57. The Morgan fingerprint density at radius 2 is 1.38 bits per heavy atom. The molecule has 0 aromatic carbocycles. The van der Waals surface area contributed by atoms with E-state index < -0.39 is 191 Å². The number of ether oxygens (including phenoxy) is 7. The molecule has 0 spiro atoms. The van der Waals surface area contributed by atoms with Gasteiger partial charge in [-0.3, -0.25) is 4.79 Å². The molecule has 2 fully saturated rings. The fourth-order valence-corrected chi connectivity index (χ4v) is 9.10. The summed E-state index contributed by atoms with van der Waals surface area (Å²) in [6.45, 7) is 15.2. The maximum atomic E-state index is 13.7. The van der Waals surface area contributed by atoms with E-state index in [1.54, 1.807) is 50.3 Å². The second-order valence-corrected chi connectivity index (χ2v) is 21.4. The van der Waals surface area contributed by atoms with Crippen molar-refractivity contribution in [2.45, 2.75) is 202 Å². The van der Waals surface area contributed by atoms with E-state index in [1.807, 2.05) is 20.8 Å². The van der Waals surface area contributed by atoms with E-state index in [-0.39, 0.29) is 51.5 Å². The van der Waals surface area contributed by atoms with E-state index in [1.165, 1.54) is 31.2 Å². The van der Waals surface area contributed by atoms with Crippen LogP contribution in [0.3, 0.4) is 0 Å². The van der Waals surface area contributed by atoms with Gasteiger partial charge in [-0.05, 0) is 46.0 Å². The maximum absolute atomic E-state index is 13.7. The van der Waals surface area contributed by atoms with E-state index in [0.717, 1.165) is 0 Å². The predicted octanol–water partition coefficient (Wildman–Crippen LogP) is -0.0109. The first-order valence-electron chi connectivity index (χ1n) is 28.5. The first-order valence-corrected chi connectivity index (χ1v) is 28.5. The lowest BCUT2D eigenvalue weighted by Gasteiger charge is -2.47. The second-order valence-electron chi connectivity index (χ2n) is 21.4. The fraction of sp³-hybridized carbons (Fsp3) is 0.702. The van der Waals surface area contributed by atoms with Gasteiger partial charge in [-0.1, -0.05) is 94.7 Å². The van der Waals surface area contributed by atoms with Gasteiger partial charge in [-0.2, -0.15) is 0 Å². The Balaban J connectivity index is 2.51. The number of allylic oxidation sites excluding steroid dienone is 7. The summed E-state index contributed by atoms with van der Waals surface area (Å²) in [5.74, 6) is -3.73. The summed E-state index contributed by atoms with van der Waals surface area (Å²) in [6, 6.07) is -5.54. The minimum atomic E-state index is -2.51. The molecule has 2 saturated heterocycles. The topological polar surface area (TPSA) is 433 Å². The van der Waals surface area contributed by atoms with Crippen molar-refractivity contribution in [2.24, 2.45) is 11.8 Å². The molecule has 0 aliphatic carbocycles. The third-order valence-corrected chi connectivity index (χ3v) is 13.9. The smallest absolute Gasteiger partial charge is 0.462 e. The Morgan fingerprint density at radius 3 is 2.00 bits per heavy atom. The molecule has 5 amide bonds. The van der Waals surface area contributed by atoms with Crippen LogP contribution in [0.1, 0.15) is 92.9 Å². The predicted molar refractivity (Wildman–Crippen MR) is 306 cm³/mol. The highest BCUT2D eigenvalue weighted by Gasteiger charge is 2.51. The normalized spacial score (nSPS) is 26.0. The number of nitrogens with one attached hydrogen (secondary N) is 5. The lowest BCUT2D eigenvalue weighted by Crippen LogP contribution is -2.65. The van der Waals surface area contributed by atoms with Crippen molar-refractivity contribution in [2.75, 3.05) is 39.5 Å². The van der Waals surface area contributed by atoms with Gasteiger partial charge in [0, 0.05) is 44.7 Å². The summed E-state index contributed by atoms with van der Waals surface area (Å²) < 4.78 is 39.8. The van der Waals surface area contributed by atoms with Gasteiger partial charge in [0.05, 0.1) is 92.7 Å². The number of aliphatic hydroxyl groups is 11. The van der Waals surface area contributed by atoms with E-state index in [4.69, 9.17) is 33.2 Å². The Labute approximate surface area is 496 Å². The molecule has 18 atom stereocenters. The molecule has 2 heterocycles. The molecule has 28 nitrogen and oxygen atoms in total. The van der Waals surface area contributed by atoms with Crippen molar-refractivity contribution in [3.63, 3.8) is 0 Å². The number of carbonyl (C=O) groups excluding carboxylic acids is 5. The average molecular weight is 1220 g/mol. The number of amides is 5. The monoisotopic (exact) mass is 1220 g/mol. The number of alkyl carbamates (subject to hydrolysis) is 1. The molecule has 0 aromatic rings. The summed E-state index contributed by atoms with van der Waals surface area (Å²) in [5, 5.41) is 131. The Kier molecular flexibility index (Phi) is 35.5. The zero-order valence-electron chi connectivity index (χ0n) is 49.4. The molecule has 2 rings (SSSR count). The molecular formula is C57H95N5O23. The highest BCUT2D eigenvalue weighted by atomic mass is 16.7. The summed E-state index contributed by atoms with van der Waals surface area (Å²) >= 11 is 0. The van der Waals surface area contributed by atoms with Crippen molar-refractivity contribution in [3.8, 4) is 0 Å². The van der Waals surface area contributed by atoms with Crippen LogP contribution in [0.15, 0.2) is 73.9 Å². The zero-order valence-corrected chi connectivity index (χ0v) is 49.4. The molecule has 0 aromatic heterocycles. The summed E-state index contributed by atoms with van der Waals surface area (Å²) in [5.41, 5.74) is 0. The number of hydrogen-bond acceptors (Lipinski definition) is 23. The number of esters is 1. The standard InChI is InChI=1S/C57H95N5O23/c1-9-12-13-14-15-16-17-18-41(83-52-51(73)48(50(72)36(8)82-52)62-55(76)79-23-10-2)28-44-47(61-54(75)59-22-21-58-53(74)60-37(31-63)32-64)45(84-56(77)80-24-11-3)30-57(78,85-44)29-40(67)26-43(69)42(68)20-19-38(65)25-39(66)27-46(70)81-35(7)34(6)49(71)33(4)5/h9-18,33-45,47-52,63-69,71-73,78H,2-3,19-32H2,1,4-8H3,(H,62,76)(H2,58,60,74)(H2,59,61,75)/b12-9+,14-13+,16-15+,18-17+/t34-,35-,36+,38+,39+,40-,41-,42+,43+,44-,45-,47-,48-,49+,50+,51-,52-,57+/m0/s1. The van der Waals surface area contributed by atoms with Crippen LogP contribution in [0.25, 0.3) is 0 Å². The maximum Gasteiger partial charge on any atom is 0.508 e. The van der Waals surface area contributed by atoms with Crippen molar-refractivity contribution in [1.29, 1.82) is 0 Å². The molecule has 0 radical (unpaired) electrons. The number of urea groups is 2. The minimum Gasteiger partial charge on any atom is -0.462 e. The molecule has 2 aliphatic heterocycles. The number of carbonyl (C=O) groups is 5. The molecule has 85 heavy (non-hydrogen) atoms. The van der Waals surface area contributed by atoms with Crippen molar-refractivity contribution in [3.05, 3.63) is 73.9 Å². The van der Waals surface area contributed by atoms with Crippen molar-refractivity contribution in [1.82, 2.24) is 26.6 Å². The Morgan fingerprint density at radius 1 is 0.753 bits per heavy atom. The lowest BCUT2D eigenvalue weighted by molar-refractivity contribution is -0.303. The van der Waals surface area contributed by atoms with Crippen molar-refractivity contribution < 1.29 is 113 Å². The van der Waals surface area contributed by atoms with E-state index in [9.17, 15) is 80.1 Å². The van der Waals surface area contributed by atoms with E-state index >= 15 is 0 Å². The summed E-state index contributed by atoms with van der Waals surface area (Å²) in [4.78, 5) is 64.5. The third kappa shape index (κ3) is 28.7. The SMILES string of the molecule is C=CCOC(=O)N[C@@H]1[C@H](O)[C@H](O[C@@H](/C=C/C=C/C=C/C=C/C)C[C@@H]2O[C@](O)(C[C@@H](O)C[C@@H](O)[C@H](O)CC[C@@H](O)C[C@@H](O)CC(=O)O[C@@H](C)[C@H](C)[C@H](O)C(C)C)C[C@H](OC(=O)OCC=C)[C@H]2NC(=O)NCCNC(=O)NC(CO)CO)O[C@H](C)[C@H]1O. The first kappa shape index (κ1) is 75.5. The molecule has 28 heteroatoms. The number of hydrogen-bond donors (Lipinski definition) is 16. The van der Waals surface area contributed by atoms with Crippen LogP contribution in [0.5, 0.6) is 0 Å². The number of aliphatic hydroxyl groups excluding tert-OH is 10. The van der Waals surface area contributed by atoms with Crippen LogP contribution in [-0.2, 0) is 38.0 Å². The molecule has 0 saturated carbocycles. The van der Waals surface area contributed by atoms with Crippen molar-refractivity contribution >= 4 is 30.3 Å². The van der Waals surface area contributed by atoms with Crippen LogP contribution >= 0.6 is 0 Å². The summed E-state index contributed by atoms with van der Waals surface area (Å²) in [7, 11) is 0. The second kappa shape index (κ2) is 40.0.